The summed E-state index contributed by atoms with van der Waals surface area (Å²) in [7, 11) is 0. The number of oxazole rings is 1. The van der Waals surface area contributed by atoms with E-state index in [9.17, 15) is 18.0 Å². The van der Waals surface area contributed by atoms with E-state index in [1.54, 1.807) is 9.42 Å². The van der Waals surface area contributed by atoms with Crippen LogP contribution in [0.1, 0.15) is 65.3 Å². The van der Waals surface area contributed by atoms with Gasteiger partial charge in [0.05, 0.1) is 36.7 Å². The summed E-state index contributed by atoms with van der Waals surface area (Å²) in [6, 6.07) is 3.73. The second-order valence-electron chi connectivity index (χ2n) is 8.73. The van der Waals surface area contributed by atoms with Crippen LogP contribution >= 0.6 is 0 Å². The van der Waals surface area contributed by atoms with Crippen LogP contribution < -0.4 is 0 Å². The highest BCUT2D eigenvalue weighted by molar-refractivity contribution is 5.91. The van der Waals surface area contributed by atoms with Gasteiger partial charge in [-0.25, -0.2) is 14.5 Å². The molecule has 176 valence electrons. The molecule has 3 aromatic heterocycles. The molecule has 0 spiro atoms. The number of rotatable bonds is 3. The molecule has 5 rings (SSSR count). The number of carbonyl (C=O) groups excluding carboxylic acids is 1. The number of hydrogen-bond acceptors (Lipinski definition) is 6. The average Bonchev–Trinajstić information content (AvgIpc) is 3.48. The van der Waals surface area contributed by atoms with Crippen LogP contribution in [0.5, 0.6) is 0 Å². The zero-order valence-electron chi connectivity index (χ0n) is 18.1. The van der Waals surface area contributed by atoms with E-state index >= 15 is 0 Å². The van der Waals surface area contributed by atoms with Crippen molar-refractivity contribution in [2.75, 3.05) is 19.7 Å². The van der Waals surface area contributed by atoms with Crippen molar-refractivity contribution < 1.29 is 27.1 Å². The molecule has 1 aliphatic carbocycles. The number of morpholine rings is 1. The smallest absolute Gasteiger partial charge is 0.391 e. The fourth-order valence-electron chi connectivity index (χ4n) is 4.78. The first-order chi connectivity index (χ1) is 15.8. The minimum atomic E-state index is -4.14. The van der Waals surface area contributed by atoms with Crippen molar-refractivity contribution in [3.05, 3.63) is 47.6 Å². The first-order valence-electron chi connectivity index (χ1n) is 11.0. The van der Waals surface area contributed by atoms with Crippen LogP contribution in [0.4, 0.5) is 13.2 Å². The molecule has 0 N–H and O–H groups in total. The highest BCUT2D eigenvalue weighted by Gasteiger charge is 2.42. The maximum atomic E-state index is 13.0. The molecule has 11 heteroatoms. The number of fused-ring (bicyclic) bond motifs is 1. The third kappa shape index (κ3) is 4.33. The number of hydrogen-bond donors (Lipinski definition) is 0. The Bertz CT molecular complexity index is 1140. The van der Waals surface area contributed by atoms with Crippen molar-refractivity contribution in [3.8, 4) is 0 Å². The van der Waals surface area contributed by atoms with Gasteiger partial charge < -0.3 is 14.1 Å². The zero-order chi connectivity index (χ0) is 23.2. The molecule has 1 aliphatic heterocycles. The lowest BCUT2D eigenvalue weighted by Gasteiger charge is -2.32. The Morgan fingerprint density at radius 1 is 1.18 bits per heavy atom. The molecule has 3 aromatic rings. The van der Waals surface area contributed by atoms with Crippen LogP contribution in [0.3, 0.4) is 0 Å². The lowest BCUT2D eigenvalue weighted by atomic mass is 9.80. The fourth-order valence-corrected chi connectivity index (χ4v) is 4.78. The summed E-state index contributed by atoms with van der Waals surface area (Å²) in [6.45, 7) is 2.95. The Labute approximate surface area is 187 Å². The Morgan fingerprint density at radius 3 is 2.67 bits per heavy atom. The van der Waals surface area contributed by atoms with Crippen LogP contribution in [0, 0.1) is 12.8 Å². The summed E-state index contributed by atoms with van der Waals surface area (Å²) in [4.78, 5) is 22.7. The largest absolute Gasteiger partial charge is 0.438 e. The monoisotopic (exact) mass is 463 g/mol. The van der Waals surface area contributed by atoms with Gasteiger partial charge in [-0.3, -0.25) is 4.79 Å². The lowest BCUT2D eigenvalue weighted by Crippen LogP contribution is -2.42. The van der Waals surface area contributed by atoms with Crippen LogP contribution in [-0.2, 0) is 4.74 Å². The van der Waals surface area contributed by atoms with Gasteiger partial charge in [0, 0.05) is 24.2 Å². The molecular formula is C22H24F3N5O3. The molecule has 1 saturated carbocycles. The summed E-state index contributed by atoms with van der Waals surface area (Å²) >= 11 is 0. The number of carbonyl (C=O) groups is 1. The molecule has 0 unspecified atom stereocenters. The Hall–Kier alpha value is -2.95. The highest BCUT2D eigenvalue weighted by Crippen LogP contribution is 2.42. The van der Waals surface area contributed by atoms with Crippen molar-refractivity contribution in [2.24, 2.45) is 5.92 Å². The van der Waals surface area contributed by atoms with E-state index in [2.05, 4.69) is 9.97 Å². The second-order valence-corrected chi connectivity index (χ2v) is 8.73. The zero-order valence-corrected chi connectivity index (χ0v) is 18.1. The molecule has 8 nitrogen and oxygen atoms in total. The first kappa shape index (κ1) is 21.9. The quantitative estimate of drug-likeness (QED) is 0.582. The minimum absolute atomic E-state index is 0.0322. The number of aromatic nitrogens is 4. The van der Waals surface area contributed by atoms with Crippen molar-refractivity contribution in [2.45, 2.75) is 50.8 Å². The van der Waals surface area contributed by atoms with Crippen LogP contribution in [0.25, 0.3) is 5.65 Å². The van der Waals surface area contributed by atoms with Crippen LogP contribution in [-0.4, -0.2) is 56.3 Å². The molecule has 4 heterocycles. The van der Waals surface area contributed by atoms with Gasteiger partial charge in [0.15, 0.2) is 12.0 Å². The average molecular weight is 463 g/mol. The van der Waals surface area contributed by atoms with Crippen molar-refractivity contribution in [3.63, 3.8) is 0 Å². The maximum Gasteiger partial charge on any atom is 0.391 e. The molecule has 1 amide bonds. The standard InChI is InChI=1S/C22H24F3N5O3/c1-13-8-17(19-11-29(6-7-32-19)21(31)18-10-26-12-33-18)30-20(27-13)9-16(28-30)14-2-4-15(5-3-14)22(23,24)25/h8-10,12,14-15,19H,2-7,11H2,1H3/t14?,15?,19-/m1/s1. The van der Waals surface area contributed by atoms with E-state index in [0.29, 0.717) is 38.2 Å². The van der Waals surface area contributed by atoms with Gasteiger partial charge >= 0.3 is 6.18 Å². The fraction of sp³-hybridized carbons (Fsp3) is 0.545. The van der Waals surface area contributed by atoms with Crippen LogP contribution in [0.2, 0.25) is 0 Å². The number of ether oxygens (including phenoxy) is 1. The number of nitrogens with zero attached hydrogens (tertiary/aromatic N) is 5. The number of amides is 1. The molecule has 0 radical (unpaired) electrons. The Kier molecular flexibility index (Phi) is 5.59. The summed E-state index contributed by atoms with van der Waals surface area (Å²) in [5.74, 6) is -1.35. The number of aryl methyl sites for hydroxylation is 1. The third-order valence-corrected chi connectivity index (χ3v) is 6.54. The van der Waals surface area contributed by atoms with E-state index in [-0.39, 0.29) is 30.4 Å². The van der Waals surface area contributed by atoms with Gasteiger partial charge in [-0.1, -0.05) is 0 Å². The second kappa shape index (κ2) is 8.44. The molecule has 1 atom stereocenters. The van der Waals surface area contributed by atoms with Crippen LogP contribution in [0.15, 0.2) is 29.1 Å². The SMILES string of the molecule is Cc1cc([C@H]2CN(C(=O)c3cnco3)CCO2)n2nc(C3CCC(C(F)(F)F)CC3)cc2n1. The van der Waals surface area contributed by atoms with Gasteiger partial charge in [0.1, 0.15) is 6.10 Å². The topological polar surface area (TPSA) is 85.8 Å². The predicted octanol–water partition coefficient (Wildman–Crippen LogP) is 4.08. The number of alkyl halides is 3. The van der Waals surface area contributed by atoms with E-state index < -0.39 is 18.2 Å². The van der Waals surface area contributed by atoms with E-state index in [1.165, 1.54) is 12.6 Å². The van der Waals surface area contributed by atoms with Gasteiger partial charge in [0.2, 0.25) is 5.76 Å². The predicted molar refractivity (Wildman–Crippen MR) is 110 cm³/mol. The minimum Gasteiger partial charge on any atom is -0.438 e. The third-order valence-electron chi connectivity index (χ3n) is 6.54. The Morgan fingerprint density at radius 2 is 1.97 bits per heavy atom. The summed E-state index contributed by atoms with van der Waals surface area (Å²) < 4.78 is 51.9. The highest BCUT2D eigenvalue weighted by atomic mass is 19.4. The van der Waals surface area contributed by atoms with E-state index in [1.807, 2.05) is 19.1 Å². The molecule has 1 saturated heterocycles. The van der Waals surface area contributed by atoms with Gasteiger partial charge in [-0.2, -0.15) is 18.3 Å². The molecule has 0 aromatic carbocycles. The molecule has 2 aliphatic rings. The van der Waals surface area contributed by atoms with Crippen molar-refractivity contribution >= 4 is 11.6 Å². The normalized spacial score (nSPS) is 24.4. The Balaban J connectivity index is 1.39. The van der Waals surface area contributed by atoms with E-state index in [0.717, 1.165) is 17.1 Å². The molecular weight excluding hydrogens is 439 g/mol. The molecule has 33 heavy (non-hydrogen) atoms. The first-order valence-corrected chi connectivity index (χ1v) is 11.0. The van der Waals surface area contributed by atoms with Crippen molar-refractivity contribution in [1.82, 2.24) is 24.5 Å². The van der Waals surface area contributed by atoms with Gasteiger partial charge in [0.25, 0.3) is 5.91 Å². The van der Waals surface area contributed by atoms with E-state index in [4.69, 9.17) is 14.3 Å². The molecule has 2 fully saturated rings. The maximum absolute atomic E-state index is 13.0. The number of halogens is 3. The van der Waals surface area contributed by atoms with Crippen molar-refractivity contribution in [1.29, 1.82) is 0 Å². The lowest BCUT2D eigenvalue weighted by molar-refractivity contribution is -0.182. The van der Waals surface area contributed by atoms with Gasteiger partial charge in [-0.15, -0.1) is 0 Å². The summed E-state index contributed by atoms with van der Waals surface area (Å²) in [5, 5.41) is 4.72. The molecule has 0 bridgehead atoms. The summed E-state index contributed by atoms with van der Waals surface area (Å²) in [5.41, 5.74) is 2.90. The summed E-state index contributed by atoms with van der Waals surface area (Å²) in [6.07, 6.45) is -0.837. The van der Waals surface area contributed by atoms with Gasteiger partial charge in [-0.05, 0) is 38.7 Å².